The highest BCUT2D eigenvalue weighted by Gasteiger charge is 2.15. The summed E-state index contributed by atoms with van der Waals surface area (Å²) in [5, 5.41) is 11.4. The molecule has 0 unspecified atom stereocenters. The van der Waals surface area contributed by atoms with Gasteiger partial charge in [-0.2, -0.15) is 0 Å². The topological polar surface area (TPSA) is 99.0 Å². The Morgan fingerprint density at radius 3 is 2.80 bits per heavy atom. The average Bonchev–Trinajstić information content (AvgIpc) is 3.28. The Balaban J connectivity index is 1.50. The number of furan rings is 1. The van der Waals surface area contributed by atoms with E-state index in [0.717, 1.165) is 0 Å². The third-order valence-electron chi connectivity index (χ3n) is 3.71. The van der Waals surface area contributed by atoms with Gasteiger partial charge in [0.25, 0.3) is 0 Å². The van der Waals surface area contributed by atoms with Gasteiger partial charge in [-0.25, -0.2) is 4.68 Å². The first-order valence-electron chi connectivity index (χ1n) is 7.84. The van der Waals surface area contributed by atoms with Crippen molar-refractivity contribution in [3.05, 3.63) is 54.3 Å². The molecule has 2 aromatic heterocycles. The minimum atomic E-state index is -0.0738. The quantitative estimate of drug-likeness (QED) is 0.497. The number of carbonyl (C=O) groups is 1. The maximum Gasteiger partial charge on any atom is 0.230 e. The minimum Gasteiger partial charge on any atom is -0.461 e. The molecular weight excluding hydrogens is 338 g/mol. The van der Waals surface area contributed by atoms with Crippen LogP contribution in [0.2, 0.25) is 0 Å². The average molecular weight is 357 g/mol. The second kappa shape index (κ2) is 7.89. The Kier molecular flexibility index (Phi) is 5.39. The summed E-state index contributed by atoms with van der Waals surface area (Å²) >= 11 is 1.23. The Morgan fingerprint density at radius 1 is 1.28 bits per heavy atom. The van der Waals surface area contributed by atoms with Gasteiger partial charge in [0, 0.05) is 6.54 Å². The van der Waals surface area contributed by atoms with Crippen LogP contribution in [0.3, 0.4) is 0 Å². The number of thioether (sulfide) groups is 1. The minimum absolute atomic E-state index is 0.0738. The van der Waals surface area contributed by atoms with Crippen molar-refractivity contribution in [2.75, 3.05) is 18.1 Å². The highest BCUT2D eigenvalue weighted by Crippen LogP contribution is 2.21. The maximum atomic E-state index is 12.1. The lowest BCUT2D eigenvalue weighted by atomic mass is 10.0. The van der Waals surface area contributed by atoms with Crippen LogP contribution in [0.5, 0.6) is 0 Å². The van der Waals surface area contributed by atoms with Crippen molar-refractivity contribution in [1.29, 1.82) is 0 Å². The normalized spacial score (nSPS) is 12.0. The molecule has 0 spiro atoms. The zero-order valence-electron chi connectivity index (χ0n) is 13.8. The molecule has 1 amide bonds. The van der Waals surface area contributed by atoms with Gasteiger partial charge in [0.2, 0.25) is 16.9 Å². The fourth-order valence-corrected chi connectivity index (χ4v) is 2.98. The molecule has 25 heavy (non-hydrogen) atoms. The van der Waals surface area contributed by atoms with E-state index in [2.05, 4.69) is 34.6 Å². The number of nitrogens with zero attached hydrogens (tertiary/aromatic N) is 3. The van der Waals surface area contributed by atoms with E-state index >= 15 is 0 Å². The van der Waals surface area contributed by atoms with E-state index < -0.39 is 0 Å². The number of aromatic nitrogens is 3. The lowest BCUT2D eigenvalue weighted by Gasteiger charge is -2.12. The van der Waals surface area contributed by atoms with Crippen LogP contribution in [0, 0.1) is 0 Å². The zero-order valence-corrected chi connectivity index (χ0v) is 14.6. The Morgan fingerprint density at radius 2 is 2.08 bits per heavy atom. The van der Waals surface area contributed by atoms with Crippen LogP contribution in [-0.2, 0) is 4.79 Å². The molecule has 3 aromatic rings. The second-order valence-electron chi connectivity index (χ2n) is 5.56. The lowest BCUT2D eigenvalue weighted by Crippen LogP contribution is -2.29. The summed E-state index contributed by atoms with van der Waals surface area (Å²) < 4.78 is 6.58. The number of carbonyl (C=O) groups excluding carboxylic acids is 1. The summed E-state index contributed by atoms with van der Waals surface area (Å²) in [4.78, 5) is 12.1. The summed E-state index contributed by atoms with van der Waals surface area (Å²) in [6.07, 6.45) is 1.54. The van der Waals surface area contributed by atoms with Gasteiger partial charge in [0.1, 0.15) is 0 Å². The molecule has 0 aliphatic rings. The van der Waals surface area contributed by atoms with Crippen LogP contribution in [-0.4, -0.2) is 33.1 Å². The van der Waals surface area contributed by atoms with Crippen LogP contribution >= 0.6 is 11.8 Å². The first-order chi connectivity index (χ1) is 12.1. The van der Waals surface area contributed by atoms with Crippen molar-refractivity contribution in [3.8, 4) is 11.6 Å². The molecule has 130 valence electrons. The molecular formula is C17H19N5O2S. The van der Waals surface area contributed by atoms with Gasteiger partial charge in [-0.3, -0.25) is 4.79 Å². The summed E-state index contributed by atoms with van der Waals surface area (Å²) in [7, 11) is 0. The Labute approximate surface area is 149 Å². The summed E-state index contributed by atoms with van der Waals surface area (Å²) in [6.45, 7) is 2.66. The van der Waals surface area contributed by atoms with E-state index in [9.17, 15) is 4.79 Å². The number of rotatable bonds is 7. The highest BCUT2D eigenvalue weighted by atomic mass is 32.2. The smallest absolute Gasteiger partial charge is 0.230 e. The third kappa shape index (κ3) is 4.21. The Hall–Kier alpha value is -2.74. The SMILES string of the molecule is C[C@H](CNC(=O)CSc1nnc(-c2ccco2)n1N)c1ccccc1. The van der Waals surface area contributed by atoms with Gasteiger partial charge >= 0.3 is 0 Å². The fraction of sp³-hybridized carbons (Fsp3) is 0.235. The molecule has 3 rings (SSSR count). The van der Waals surface area contributed by atoms with Crippen LogP contribution < -0.4 is 11.2 Å². The van der Waals surface area contributed by atoms with Crippen molar-refractivity contribution >= 4 is 17.7 Å². The van der Waals surface area contributed by atoms with Crippen molar-refractivity contribution in [2.24, 2.45) is 0 Å². The summed E-state index contributed by atoms with van der Waals surface area (Å²) in [5.41, 5.74) is 1.19. The van der Waals surface area contributed by atoms with E-state index in [1.807, 2.05) is 18.2 Å². The molecule has 0 aliphatic carbocycles. The van der Waals surface area contributed by atoms with Crippen LogP contribution in [0.4, 0.5) is 0 Å². The number of amides is 1. The lowest BCUT2D eigenvalue weighted by molar-refractivity contribution is -0.118. The first kappa shape index (κ1) is 17.1. The number of nitrogens with two attached hydrogens (primary N) is 1. The molecule has 0 saturated heterocycles. The molecule has 7 nitrogen and oxygen atoms in total. The standard InChI is InChI=1S/C17H19N5O2S/c1-12(13-6-3-2-4-7-13)10-19-15(23)11-25-17-21-20-16(22(17)18)14-8-5-9-24-14/h2-9,12H,10-11,18H2,1H3,(H,19,23)/t12-/m1/s1. The number of hydrogen-bond acceptors (Lipinski definition) is 6. The molecule has 2 heterocycles. The number of benzene rings is 1. The molecule has 3 N–H and O–H groups in total. The largest absolute Gasteiger partial charge is 0.461 e. The number of nitrogen functional groups attached to an aromatic ring is 1. The van der Waals surface area contributed by atoms with Crippen molar-refractivity contribution in [1.82, 2.24) is 20.2 Å². The van der Waals surface area contributed by atoms with Crippen molar-refractivity contribution in [3.63, 3.8) is 0 Å². The summed E-state index contributed by atoms with van der Waals surface area (Å²) in [5.74, 6) is 7.30. The predicted molar refractivity (Wildman–Crippen MR) is 96.5 cm³/mol. The fourth-order valence-electron chi connectivity index (χ4n) is 2.30. The van der Waals surface area contributed by atoms with Gasteiger partial charge in [-0.05, 0) is 23.6 Å². The molecule has 0 aliphatic heterocycles. The van der Waals surface area contributed by atoms with Gasteiger partial charge in [-0.1, -0.05) is 49.0 Å². The number of nitrogens with one attached hydrogen (secondary N) is 1. The van der Waals surface area contributed by atoms with Crippen LogP contribution in [0.1, 0.15) is 18.4 Å². The van der Waals surface area contributed by atoms with Gasteiger partial charge in [-0.15, -0.1) is 10.2 Å². The third-order valence-corrected chi connectivity index (χ3v) is 4.66. The number of hydrogen-bond donors (Lipinski definition) is 2. The van der Waals surface area contributed by atoms with E-state index in [-0.39, 0.29) is 17.6 Å². The van der Waals surface area contributed by atoms with Crippen LogP contribution in [0.15, 0.2) is 58.3 Å². The zero-order chi connectivity index (χ0) is 17.6. The van der Waals surface area contributed by atoms with Gasteiger partial charge < -0.3 is 15.6 Å². The second-order valence-corrected chi connectivity index (χ2v) is 6.50. The molecule has 0 fully saturated rings. The van der Waals surface area contributed by atoms with E-state index in [4.69, 9.17) is 10.3 Å². The van der Waals surface area contributed by atoms with E-state index in [0.29, 0.717) is 23.3 Å². The molecule has 0 radical (unpaired) electrons. The van der Waals surface area contributed by atoms with Gasteiger partial charge in [0.05, 0.1) is 12.0 Å². The van der Waals surface area contributed by atoms with E-state index in [1.54, 1.807) is 12.1 Å². The maximum absolute atomic E-state index is 12.1. The van der Waals surface area contributed by atoms with Crippen molar-refractivity contribution in [2.45, 2.75) is 18.0 Å². The summed E-state index contributed by atoms with van der Waals surface area (Å²) in [6, 6.07) is 13.6. The van der Waals surface area contributed by atoms with Crippen molar-refractivity contribution < 1.29 is 9.21 Å². The van der Waals surface area contributed by atoms with Gasteiger partial charge in [0.15, 0.2) is 5.76 Å². The molecule has 1 atom stereocenters. The molecule has 1 aromatic carbocycles. The molecule has 0 bridgehead atoms. The van der Waals surface area contributed by atoms with Crippen LogP contribution in [0.25, 0.3) is 11.6 Å². The Bertz CT molecular complexity index is 817. The molecule has 0 saturated carbocycles. The van der Waals surface area contributed by atoms with E-state index in [1.165, 1.54) is 28.3 Å². The highest BCUT2D eigenvalue weighted by molar-refractivity contribution is 7.99. The first-order valence-corrected chi connectivity index (χ1v) is 8.82. The monoisotopic (exact) mass is 357 g/mol. The predicted octanol–water partition coefficient (Wildman–Crippen LogP) is 2.26. The molecule has 8 heteroatoms.